The zero-order valence-corrected chi connectivity index (χ0v) is 9.41. The third-order valence-electron chi connectivity index (χ3n) is 3.30. The summed E-state index contributed by atoms with van der Waals surface area (Å²) in [5, 5.41) is 3.30. The Bertz CT molecular complexity index is 236. The molecule has 0 saturated heterocycles. The summed E-state index contributed by atoms with van der Waals surface area (Å²) in [4.78, 5) is 13.5. The Kier molecular flexibility index (Phi) is 3.26. The highest BCUT2D eigenvalue weighted by molar-refractivity contribution is 5.79. The van der Waals surface area contributed by atoms with Crippen LogP contribution in [0.3, 0.4) is 0 Å². The second-order valence-electron chi connectivity index (χ2n) is 4.90. The van der Waals surface area contributed by atoms with Crippen LogP contribution in [0.1, 0.15) is 32.1 Å². The predicted molar refractivity (Wildman–Crippen MR) is 59.4 cm³/mol. The van der Waals surface area contributed by atoms with Crippen LogP contribution in [0.25, 0.3) is 0 Å². The number of nitrogens with zero attached hydrogens (tertiary/aromatic N) is 1. The van der Waals surface area contributed by atoms with Gasteiger partial charge >= 0.3 is 0 Å². The molecule has 0 aromatic rings. The van der Waals surface area contributed by atoms with E-state index in [0.29, 0.717) is 6.04 Å². The lowest BCUT2D eigenvalue weighted by molar-refractivity contribution is -0.120. The van der Waals surface area contributed by atoms with Gasteiger partial charge < -0.3 is 16.0 Å². The molecule has 86 valence electrons. The molecule has 4 nitrogen and oxygen atoms in total. The van der Waals surface area contributed by atoms with Gasteiger partial charge in [-0.05, 0) is 39.2 Å². The molecule has 0 radical (unpaired) electrons. The van der Waals surface area contributed by atoms with Gasteiger partial charge in [-0.2, -0.15) is 0 Å². The van der Waals surface area contributed by atoms with Gasteiger partial charge in [0.15, 0.2) is 0 Å². The monoisotopic (exact) mass is 211 g/mol. The smallest absolute Gasteiger partial charge is 0.234 e. The van der Waals surface area contributed by atoms with Gasteiger partial charge in [-0.25, -0.2) is 0 Å². The Balaban J connectivity index is 1.69. The van der Waals surface area contributed by atoms with E-state index in [2.05, 4.69) is 17.3 Å². The van der Waals surface area contributed by atoms with Gasteiger partial charge in [0.05, 0.1) is 6.04 Å². The predicted octanol–water partition coefficient (Wildman–Crippen LogP) is 0.0766. The molecule has 0 spiro atoms. The maximum Gasteiger partial charge on any atom is 0.234 e. The number of rotatable bonds is 7. The molecule has 0 aromatic heterocycles. The van der Waals surface area contributed by atoms with Crippen molar-refractivity contribution < 1.29 is 4.79 Å². The van der Waals surface area contributed by atoms with Crippen molar-refractivity contribution in [3.05, 3.63) is 0 Å². The lowest BCUT2D eigenvalue weighted by Gasteiger charge is -2.20. The molecule has 1 unspecified atom stereocenters. The Morgan fingerprint density at radius 2 is 2.13 bits per heavy atom. The molecule has 2 rings (SSSR count). The zero-order chi connectivity index (χ0) is 10.8. The summed E-state index contributed by atoms with van der Waals surface area (Å²) in [5.41, 5.74) is 5.37. The average molecular weight is 211 g/mol. The fourth-order valence-electron chi connectivity index (χ4n) is 1.87. The van der Waals surface area contributed by atoms with Crippen LogP contribution in [-0.4, -0.2) is 42.5 Å². The molecule has 0 bridgehead atoms. The lowest BCUT2D eigenvalue weighted by Crippen LogP contribution is -2.44. The quantitative estimate of drug-likeness (QED) is 0.627. The Labute approximate surface area is 91.2 Å². The lowest BCUT2D eigenvalue weighted by atomic mass is 10.2. The largest absolute Gasteiger partial charge is 0.368 e. The molecule has 0 aliphatic heterocycles. The summed E-state index contributed by atoms with van der Waals surface area (Å²) in [6, 6.07) is 1.19. The molecule has 2 aliphatic rings. The third kappa shape index (κ3) is 3.47. The van der Waals surface area contributed by atoms with Gasteiger partial charge in [0, 0.05) is 18.6 Å². The number of nitrogens with two attached hydrogens (primary N) is 1. The third-order valence-corrected chi connectivity index (χ3v) is 3.30. The summed E-state index contributed by atoms with van der Waals surface area (Å²) < 4.78 is 0. The van der Waals surface area contributed by atoms with E-state index in [-0.39, 0.29) is 11.9 Å². The van der Waals surface area contributed by atoms with Crippen molar-refractivity contribution in [1.29, 1.82) is 0 Å². The first kappa shape index (κ1) is 10.9. The standard InChI is InChI=1S/C11H21N3O/c1-14(9-4-5-9)7-6-10(11(12)15)13-8-2-3-8/h8-10,13H,2-7H2,1H3,(H2,12,15). The molecule has 4 heteroatoms. The van der Waals surface area contributed by atoms with Crippen molar-refractivity contribution in [2.24, 2.45) is 5.73 Å². The number of nitrogens with one attached hydrogen (secondary N) is 1. The van der Waals surface area contributed by atoms with Crippen LogP contribution in [0.4, 0.5) is 0 Å². The Morgan fingerprint density at radius 3 is 2.60 bits per heavy atom. The highest BCUT2D eigenvalue weighted by atomic mass is 16.1. The van der Waals surface area contributed by atoms with E-state index in [4.69, 9.17) is 5.73 Å². The van der Waals surface area contributed by atoms with Gasteiger partial charge in [0.25, 0.3) is 0 Å². The van der Waals surface area contributed by atoms with E-state index in [0.717, 1.165) is 19.0 Å². The summed E-state index contributed by atoms with van der Waals surface area (Å²) in [6.45, 7) is 0.970. The Morgan fingerprint density at radius 1 is 1.47 bits per heavy atom. The number of carbonyl (C=O) groups excluding carboxylic acids is 1. The average Bonchev–Trinajstić information content (AvgIpc) is 3.02. The molecule has 3 N–H and O–H groups in total. The first-order chi connectivity index (χ1) is 7.16. The maximum atomic E-state index is 11.2. The molecule has 2 fully saturated rings. The molecule has 1 atom stereocenters. The molecule has 2 saturated carbocycles. The molecule has 1 amide bonds. The molecule has 15 heavy (non-hydrogen) atoms. The summed E-state index contributed by atoms with van der Waals surface area (Å²) in [7, 11) is 2.13. The van der Waals surface area contributed by atoms with E-state index < -0.39 is 0 Å². The SMILES string of the molecule is CN(CCC(NC1CC1)C(N)=O)C1CC1. The molecular weight excluding hydrogens is 190 g/mol. The minimum Gasteiger partial charge on any atom is -0.368 e. The fourth-order valence-corrected chi connectivity index (χ4v) is 1.87. The summed E-state index contributed by atoms with van der Waals surface area (Å²) in [5.74, 6) is -0.203. The minimum absolute atomic E-state index is 0.126. The van der Waals surface area contributed by atoms with Crippen LogP contribution in [-0.2, 0) is 4.79 Å². The molecule has 0 heterocycles. The van der Waals surface area contributed by atoms with Crippen molar-refractivity contribution in [3.8, 4) is 0 Å². The van der Waals surface area contributed by atoms with Crippen LogP contribution in [0.15, 0.2) is 0 Å². The van der Waals surface area contributed by atoms with Crippen LogP contribution in [0, 0.1) is 0 Å². The highest BCUT2D eigenvalue weighted by Gasteiger charge is 2.29. The van der Waals surface area contributed by atoms with Gasteiger partial charge in [-0.1, -0.05) is 0 Å². The van der Waals surface area contributed by atoms with Crippen LogP contribution < -0.4 is 11.1 Å². The maximum absolute atomic E-state index is 11.2. The second kappa shape index (κ2) is 4.49. The van der Waals surface area contributed by atoms with Crippen molar-refractivity contribution >= 4 is 5.91 Å². The number of primary amides is 1. The first-order valence-electron chi connectivity index (χ1n) is 5.92. The minimum atomic E-state index is -0.203. The van der Waals surface area contributed by atoms with Gasteiger partial charge in [0.2, 0.25) is 5.91 Å². The van der Waals surface area contributed by atoms with E-state index >= 15 is 0 Å². The normalized spacial score (nSPS) is 23.1. The highest BCUT2D eigenvalue weighted by Crippen LogP contribution is 2.25. The number of amides is 1. The zero-order valence-electron chi connectivity index (χ0n) is 9.41. The van der Waals surface area contributed by atoms with Crippen molar-refractivity contribution in [2.45, 2.75) is 50.2 Å². The van der Waals surface area contributed by atoms with E-state index in [9.17, 15) is 4.79 Å². The topological polar surface area (TPSA) is 58.4 Å². The summed E-state index contributed by atoms with van der Waals surface area (Å²) in [6.07, 6.45) is 5.87. The number of carbonyl (C=O) groups is 1. The molecule has 2 aliphatic carbocycles. The molecule has 0 aromatic carbocycles. The van der Waals surface area contributed by atoms with Crippen LogP contribution in [0.5, 0.6) is 0 Å². The van der Waals surface area contributed by atoms with Gasteiger partial charge in [-0.3, -0.25) is 4.79 Å². The van der Waals surface area contributed by atoms with Gasteiger partial charge in [-0.15, -0.1) is 0 Å². The van der Waals surface area contributed by atoms with Crippen molar-refractivity contribution in [3.63, 3.8) is 0 Å². The molecular formula is C11H21N3O. The van der Waals surface area contributed by atoms with E-state index in [1.807, 2.05) is 0 Å². The van der Waals surface area contributed by atoms with E-state index in [1.54, 1.807) is 0 Å². The number of hydrogen-bond donors (Lipinski definition) is 2. The van der Waals surface area contributed by atoms with Crippen LogP contribution >= 0.6 is 0 Å². The van der Waals surface area contributed by atoms with Gasteiger partial charge in [0.1, 0.15) is 0 Å². The fraction of sp³-hybridized carbons (Fsp3) is 0.909. The van der Waals surface area contributed by atoms with Crippen LogP contribution in [0.2, 0.25) is 0 Å². The van der Waals surface area contributed by atoms with E-state index in [1.165, 1.54) is 25.7 Å². The first-order valence-corrected chi connectivity index (χ1v) is 5.92. The second-order valence-corrected chi connectivity index (χ2v) is 4.90. The van der Waals surface area contributed by atoms with Crippen molar-refractivity contribution in [2.75, 3.05) is 13.6 Å². The number of hydrogen-bond acceptors (Lipinski definition) is 3. The summed E-state index contributed by atoms with van der Waals surface area (Å²) >= 11 is 0. The Hall–Kier alpha value is -0.610. The van der Waals surface area contributed by atoms with Crippen molar-refractivity contribution in [1.82, 2.24) is 10.2 Å².